The highest BCUT2D eigenvalue weighted by molar-refractivity contribution is 5.83. The predicted molar refractivity (Wildman–Crippen MR) is 72.9 cm³/mol. The van der Waals surface area contributed by atoms with Crippen LogP contribution in [0.3, 0.4) is 0 Å². The molecule has 0 unspecified atom stereocenters. The van der Waals surface area contributed by atoms with E-state index in [1.165, 1.54) is 12.1 Å². The second kappa shape index (κ2) is 4.77. The van der Waals surface area contributed by atoms with Gasteiger partial charge in [0.05, 0.1) is 5.56 Å². The van der Waals surface area contributed by atoms with Crippen LogP contribution in [-0.4, -0.2) is 0 Å². The number of halogens is 3. The summed E-state index contributed by atoms with van der Waals surface area (Å²) in [5.74, 6) is 0. The van der Waals surface area contributed by atoms with Gasteiger partial charge in [0, 0.05) is 11.5 Å². The van der Waals surface area contributed by atoms with E-state index >= 15 is 0 Å². The minimum absolute atomic E-state index is 0.401. The number of benzene rings is 2. The molecule has 0 bridgehead atoms. The fourth-order valence-electron chi connectivity index (χ4n) is 2.13. The molecule has 1 heterocycles. The Morgan fingerprint density at radius 3 is 2.38 bits per heavy atom. The first-order chi connectivity index (χ1) is 9.93. The van der Waals surface area contributed by atoms with Gasteiger partial charge in [-0.2, -0.15) is 13.2 Å². The van der Waals surface area contributed by atoms with Crippen molar-refractivity contribution in [1.82, 2.24) is 0 Å². The maximum absolute atomic E-state index is 12.7. The molecule has 0 aliphatic carbocycles. The van der Waals surface area contributed by atoms with Gasteiger partial charge in [0.1, 0.15) is 5.58 Å². The van der Waals surface area contributed by atoms with Gasteiger partial charge in [0.2, 0.25) is 0 Å². The second-order valence-electron chi connectivity index (χ2n) is 4.59. The van der Waals surface area contributed by atoms with Crippen molar-refractivity contribution in [3.05, 3.63) is 70.6 Å². The van der Waals surface area contributed by atoms with E-state index in [2.05, 4.69) is 0 Å². The zero-order valence-corrected chi connectivity index (χ0v) is 10.6. The topological polar surface area (TPSA) is 30.2 Å². The summed E-state index contributed by atoms with van der Waals surface area (Å²) in [5, 5.41) is 0.657. The lowest BCUT2D eigenvalue weighted by molar-refractivity contribution is -0.137. The molecule has 5 heteroatoms. The molecular formula is C16H9F3O2. The predicted octanol–water partition coefficient (Wildman–Crippen LogP) is 4.48. The molecule has 3 aromatic rings. The average Bonchev–Trinajstić information content (AvgIpc) is 2.46. The smallest absolute Gasteiger partial charge is 0.416 e. The number of rotatable bonds is 1. The molecule has 0 aliphatic rings. The summed E-state index contributed by atoms with van der Waals surface area (Å²) >= 11 is 0. The minimum Gasteiger partial charge on any atom is -0.423 e. The lowest BCUT2D eigenvalue weighted by atomic mass is 10.0. The average molecular weight is 290 g/mol. The Morgan fingerprint density at radius 1 is 0.857 bits per heavy atom. The molecule has 2 nitrogen and oxygen atoms in total. The van der Waals surface area contributed by atoms with Crippen molar-refractivity contribution < 1.29 is 17.6 Å². The highest BCUT2D eigenvalue weighted by Gasteiger charge is 2.30. The summed E-state index contributed by atoms with van der Waals surface area (Å²) in [6, 6.07) is 12.9. The SMILES string of the molecule is O=c1ccc2cc(-c3cccc(C(F)(F)F)c3)ccc2o1. The quantitative estimate of drug-likeness (QED) is 0.619. The monoisotopic (exact) mass is 290 g/mol. The number of hydrogen-bond acceptors (Lipinski definition) is 2. The summed E-state index contributed by atoms with van der Waals surface area (Å²) in [7, 11) is 0. The second-order valence-corrected chi connectivity index (χ2v) is 4.59. The van der Waals surface area contributed by atoms with Gasteiger partial charge in [-0.05, 0) is 41.5 Å². The standard InChI is InChI=1S/C16H9F3O2/c17-16(18,19)13-3-1-2-10(9-13)11-4-6-14-12(8-11)5-7-15(20)21-14/h1-9H. The fraction of sp³-hybridized carbons (Fsp3) is 0.0625. The first kappa shape index (κ1) is 13.4. The van der Waals surface area contributed by atoms with E-state index in [0.717, 1.165) is 12.1 Å². The Bertz CT molecular complexity index is 863. The third kappa shape index (κ3) is 2.67. The first-order valence-electron chi connectivity index (χ1n) is 6.15. The number of fused-ring (bicyclic) bond motifs is 1. The molecule has 0 atom stereocenters. The van der Waals surface area contributed by atoms with Gasteiger partial charge in [-0.1, -0.05) is 18.2 Å². The molecule has 3 rings (SSSR count). The lowest BCUT2D eigenvalue weighted by Crippen LogP contribution is -2.04. The van der Waals surface area contributed by atoms with Gasteiger partial charge in [-0.25, -0.2) is 4.79 Å². The summed E-state index contributed by atoms with van der Waals surface area (Å²) < 4.78 is 43.2. The zero-order valence-electron chi connectivity index (χ0n) is 10.6. The van der Waals surface area contributed by atoms with E-state index in [1.807, 2.05) is 0 Å². The van der Waals surface area contributed by atoms with E-state index in [1.54, 1.807) is 30.3 Å². The van der Waals surface area contributed by atoms with Crippen LogP contribution < -0.4 is 5.63 Å². The minimum atomic E-state index is -4.38. The van der Waals surface area contributed by atoms with Crippen LogP contribution in [0.5, 0.6) is 0 Å². The van der Waals surface area contributed by atoms with Crippen molar-refractivity contribution in [3.8, 4) is 11.1 Å². The molecule has 0 amide bonds. The van der Waals surface area contributed by atoms with E-state index in [0.29, 0.717) is 22.1 Å². The first-order valence-corrected chi connectivity index (χ1v) is 6.15. The molecule has 0 saturated carbocycles. The summed E-state index contributed by atoms with van der Waals surface area (Å²) in [6.07, 6.45) is -4.38. The summed E-state index contributed by atoms with van der Waals surface area (Å²) in [6.45, 7) is 0. The molecule has 1 aromatic heterocycles. The molecule has 0 radical (unpaired) electrons. The van der Waals surface area contributed by atoms with Gasteiger partial charge in [0.25, 0.3) is 0 Å². The summed E-state index contributed by atoms with van der Waals surface area (Å²) in [5.41, 5.74) is 0.326. The highest BCUT2D eigenvalue weighted by Crippen LogP contribution is 2.32. The summed E-state index contributed by atoms with van der Waals surface area (Å²) in [4.78, 5) is 11.1. The molecule has 21 heavy (non-hydrogen) atoms. The van der Waals surface area contributed by atoms with Gasteiger partial charge in [-0.15, -0.1) is 0 Å². The Morgan fingerprint density at radius 2 is 1.62 bits per heavy atom. The van der Waals surface area contributed by atoms with Crippen LogP contribution in [0.25, 0.3) is 22.1 Å². The Kier molecular flexibility index (Phi) is 3.05. The van der Waals surface area contributed by atoms with Crippen LogP contribution in [0.1, 0.15) is 5.56 Å². The molecule has 0 spiro atoms. The van der Waals surface area contributed by atoms with Crippen molar-refractivity contribution in [2.45, 2.75) is 6.18 Å². The third-order valence-corrected chi connectivity index (χ3v) is 3.14. The Hall–Kier alpha value is -2.56. The van der Waals surface area contributed by atoms with Crippen LogP contribution in [-0.2, 0) is 6.18 Å². The molecule has 0 aliphatic heterocycles. The van der Waals surface area contributed by atoms with E-state index in [9.17, 15) is 18.0 Å². The maximum atomic E-state index is 12.7. The van der Waals surface area contributed by atoms with Crippen molar-refractivity contribution in [3.63, 3.8) is 0 Å². The molecule has 106 valence electrons. The molecule has 0 saturated heterocycles. The molecule has 0 N–H and O–H groups in total. The largest absolute Gasteiger partial charge is 0.423 e. The third-order valence-electron chi connectivity index (χ3n) is 3.14. The van der Waals surface area contributed by atoms with E-state index in [-0.39, 0.29) is 0 Å². The van der Waals surface area contributed by atoms with Gasteiger partial charge >= 0.3 is 11.8 Å². The number of hydrogen-bond donors (Lipinski definition) is 0. The van der Waals surface area contributed by atoms with Gasteiger partial charge in [-0.3, -0.25) is 0 Å². The van der Waals surface area contributed by atoms with Crippen LogP contribution >= 0.6 is 0 Å². The zero-order chi connectivity index (χ0) is 15.0. The van der Waals surface area contributed by atoms with Gasteiger partial charge < -0.3 is 4.42 Å². The maximum Gasteiger partial charge on any atom is 0.416 e. The van der Waals surface area contributed by atoms with E-state index in [4.69, 9.17) is 4.42 Å². The molecular weight excluding hydrogens is 281 g/mol. The fourth-order valence-corrected chi connectivity index (χ4v) is 2.13. The number of alkyl halides is 3. The van der Waals surface area contributed by atoms with Crippen molar-refractivity contribution in [1.29, 1.82) is 0 Å². The van der Waals surface area contributed by atoms with Gasteiger partial charge in [0.15, 0.2) is 0 Å². The lowest BCUT2D eigenvalue weighted by Gasteiger charge is -2.09. The van der Waals surface area contributed by atoms with Crippen molar-refractivity contribution >= 4 is 11.0 Å². The Balaban J connectivity index is 2.12. The Labute approximate surface area is 117 Å². The van der Waals surface area contributed by atoms with Crippen LogP contribution in [0.4, 0.5) is 13.2 Å². The van der Waals surface area contributed by atoms with Crippen molar-refractivity contribution in [2.24, 2.45) is 0 Å². The van der Waals surface area contributed by atoms with Crippen LogP contribution in [0, 0.1) is 0 Å². The van der Waals surface area contributed by atoms with Crippen LogP contribution in [0.2, 0.25) is 0 Å². The van der Waals surface area contributed by atoms with Crippen LogP contribution in [0.15, 0.2) is 63.8 Å². The van der Waals surface area contributed by atoms with E-state index < -0.39 is 17.4 Å². The normalized spacial score (nSPS) is 11.8. The highest BCUT2D eigenvalue weighted by atomic mass is 19.4. The molecule has 0 fully saturated rings. The molecule has 2 aromatic carbocycles. The van der Waals surface area contributed by atoms with Crippen molar-refractivity contribution in [2.75, 3.05) is 0 Å².